The van der Waals surface area contributed by atoms with E-state index in [1.807, 2.05) is 13.0 Å². The second-order valence-corrected chi connectivity index (χ2v) is 5.53. The molecule has 0 amide bonds. The smallest absolute Gasteiger partial charge is 0.293 e. The predicted octanol–water partition coefficient (Wildman–Crippen LogP) is 3.61. The van der Waals surface area contributed by atoms with Gasteiger partial charge in [-0.3, -0.25) is 4.79 Å². The number of benzene rings is 1. The third-order valence-electron chi connectivity index (χ3n) is 3.08. The summed E-state index contributed by atoms with van der Waals surface area (Å²) in [5, 5.41) is 4.31. The second-order valence-electron chi connectivity index (χ2n) is 4.69. The van der Waals surface area contributed by atoms with Crippen molar-refractivity contribution in [3.05, 3.63) is 56.6 Å². The Labute approximate surface area is 133 Å². The number of rotatable bonds is 6. The fraction of sp³-hybridized carbons (Fsp3) is 0.333. The van der Waals surface area contributed by atoms with E-state index in [1.54, 1.807) is 29.1 Å². The summed E-state index contributed by atoms with van der Waals surface area (Å²) in [4.78, 5) is 16.2. The Kier molecular flexibility index (Phi) is 5.65. The van der Waals surface area contributed by atoms with Crippen LogP contribution in [0.3, 0.4) is 0 Å². The fourth-order valence-corrected chi connectivity index (χ4v) is 2.53. The van der Waals surface area contributed by atoms with Crippen LogP contribution in [-0.2, 0) is 13.0 Å². The Hall–Kier alpha value is -1.52. The van der Waals surface area contributed by atoms with Crippen molar-refractivity contribution in [1.29, 1.82) is 0 Å². The minimum Gasteiger partial charge on any atom is -0.365 e. The first-order valence-corrected chi connectivity index (χ1v) is 7.60. The minimum absolute atomic E-state index is 0.0958. The molecule has 4 nitrogen and oxygen atoms in total. The highest BCUT2D eigenvalue weighted by Gasteiger charge is 2.05. The van der Waals surface area contributed by atoms with E-state index < -0.39 is 0 Å². The maximum atomic E-state index is 12.1. The highest BCUT2D eigenvalue weighted by Crippen LogP contribution is 2.21. The molecule has 0 radical (unpaired) electrons. The number of anilines is 1. The number of nitrogens with one attached hydrogen (secondary N) is 1. The van der Waals surface area contributed by atoms with Gasteiger partial charge in [-0.1, -0.05) is 36.2 Å². The monoisotopic (exact) mass is 325 g/mol. The average Bonchev–Trinajstić information content (AvgIpc) is 2.45. The molecule has 0 aliphatic carbocycles. The lowest BCUT2D eigenvalue weighted by atomic mass is 10.1. The van der Waals surface area contributed by atoms with E-state index in [0.29, 0.717) is 35.4 Å². The molecule has 0 atom stereocenters. The predicted molar refractivity (Wildman–Crippen MR) is 87.4 cm³/mol. The molecule has 6 heteroatoms. The van der Waals surface area contributed by atoms with Crippen LogP contribution in [0.1, 0.15) is 18.9 Å². The average molecular weight is 326 g/mol. The molecule has 1 aromatic heterocycles. The van der Waals surface area contributed by atoms with Crippen molar-refractivity contribution in [2.45, 2.75) is 26.3 Å². The first-order valence-electron chi connectivity index (χ1n) is 6.85. The lowest BCUT2D eigenvalue weighted by molar-refractivity contribution is 0.649. The molecule has 1 aromatic carbocycles. The number of hydrogen-bond donors (Lipinski definition) is 1. The standard InChI is InChI=1S/C15H17Cl2N3O/c1-2-8-20-9-7-19-14(15(20)21)18-6-5-11-3-4-12(16)10-13(11)17/h3-4,7,9-10H,2,5-6,8H2,1H3,(H,18,19). The van der Waals surface area contributed by atoms with Gasteiger partial charge in [0.2, 0.25) is 0 Å². The highest BCUT2D eigenvalue weighted by atomic mass is 35.5. The van der Waals surface area contributed by atoms with Crippen LogP contribution in [0.15, 0.2) is 35.4 Å². The van der Waals surface area contributed by atoms with Gasteiger partial charge in [0, 0.05) is 35.5 Å². The summed E-state index contributed by atoms with van der Waals surface area (Å²) in [6.07, 6.45) is 4.94. The summed E-state index contributed by atoms with van der Waals surface area (Å²) in [6.45, 7) is 3.31. The molecule has 0 spiro atoms. The highest BCUT2D eigenvalue weighted by molar-refractivity contribution is 6.35. The van der Waals surface area contributed by atoms with Crippen molar-refractivity contribution in [2.24, 2.45) is 0 Å². The molecule has 0 aliphatic rings. The molecule has 0 fully saturated rings. The molecule has 112 valence electrons. The zero-order valence-corrected chi connectivity index (χ0v) is 13.3. The molecular formula is C15H17Cl2N3O. The van der Waals surface area contributed by atoms with Crippen LogP contribution in [0, 0.1) is 0 Å². The van der Waals surface area contributed by atoms with Gasteiger partial charge in [-0.25, -0.2) is 4.98 Å². The van der Waals surface area contributed by atoms with Crippen molar-refractivity contribution in [3.8, 4) is 0 Å². The third-order valence-corrected chi connectivity index (χ3v) is 3.67. The molecule has 1 heterocycles. The quantitative estimate of drug-likeness (QED) is 0.882. The van der Waals surface area contributed by atoms with Crippen molar-refractivity contribution in [1.82, 2.24) is 9.55 Å². The second kappa shape index (κ2) is 7.48. The summed E-state index contributed by atoms with van der Waals surface area (Å²) in [7, 11) is 0. The van der Waals surface area contributed by atoms with Crippen molar-refractivity contribution < 1.29 is 0 Å². The molecule has 2 aromatic rings. The summed E-state index contributed by atoms with van der Waals surface area (Å²) in [6, 6.07) is 5.41. The van der Waals surface area contributed by atoms with E-state index >= 15 is 0 Å². The molecular weight excluding hydrogens is 309 g/mol. The summed E-state index contributed by atoms with van der Waals surface area (Å²) < 4.78 is 1.66. The van der Waals surface area contributed by atoms with Gasteiger partial charge in [-0.2, -0.15) is 0 Å². The molecule has 0 unspecified atom stereocenters. The van der Waals surface area contributed by atoms with Crippen LogP contribution in [0.4, 0.5) is 5.82 Å². The Balaban J connectivity index is 2.00. The van der Waals surface area contributed by atoms with Gasteiger partial charge >= 0.3 is 0 Å². The van der Waals surface area contributed by atoms with E-state index in [4.69, 9.17) is 23.2 Å². The van der Waals surface area contributed by atoms with Gasteiger partial charge in [0.15, 0.2) is 5.82 Å². The van der Waals surface area contributed by atoms with E-state index in [-0.39, 0.29) is 5.56 Å². The number of aryl methyl sites for hydroxylation is 1. The zero-order chi connectivity index (χ0) is 15.2. The van der Waals surface area contributed by atoms with Crippen LogP contribution in [0.5, 0.6) is 0 Å². The van der Waals surface area contributed by atoms with Crippen LogP contribution in [0.2, 0.25) is 10.0 Å². The van der Waals surface area contributed by atoms with Gasteiger partial charge in [0.25, 0.3) is 5.56 Å². The minimum atomic E-state index is -0.0958. The largest absolute Gasteiger partial charge is 0.365 e. The van der Waals surface area contributed by atoms with E-state index in [1.165, 1.54) is 0 Å². The summed E-state index contributed by atoms with van der Waals surface area (Å²) in [5.41, 5.74) is 0.889. The molecule has 1 N–H and O–H groups in total. The fourth-order valence-electron chi connectivity index (χ4n) is 2.03. The Bertz CT molecular complexity index is 670. The summed E-state index contributed by atoms with van der Waals surface area (Å²) >= 11 is 12.0. The van der Waals surface area contributed by atoms with Crippen LogP contribution < -0.4 is 10.9 Å². The maximum Gasteiger partial charge on any atom is 0.293 e. The third kappa shape index (κ3) is 4.22. The zero-order valence-electron chi connectivity index (χ0n) is 11.8. The number of nitrogens with zero attached hydrogens (tertiary/aromatic N) is 2. The Morgan fingerprint density at radius 1 is 1.33 bits per heavy atom. The summed E-state index contributed by atoms with van der Waals surface area (Å²) in [5.74, 6) is 0.371. The van der Waals surface area contributed by atoms with Crippen molar-refractivity contribution in [3.63, 3.8) is 0 Å². The van der Waals surface area contributed by atoms with Crippen LogP contribution in [0.25, 0.3) is 0 Å². The number of halogens is 2. The first-order chi connectivity index (χ1) is 10.1. The molecule has 0 aliphatic heterocycles. The SMILES string of the molecule is CCCn1ccnc(NCCc2ccc(Cl)cc2Cl)c1=O. The first kappa shape index (κ1) is 15.9. The van der Waals surface area contributed by atoms with Gasteiger partial charge < -0.3 is 9.88 Å². The van der Waals surface area contributed by atoms with E-state index in [2.05, 4.69) is 10.3 Å². The molecule has 21 heavy (non-hydrogen) atoms. The lowest BCUT2D eigenvalue weighted by Gasteiger charge is -2.09. The van der Waals surface area contributed by atoms with Crippen molar-refractivity contribution in [2.75, 3.05) is 11.9 Å². The topological polar surface area (TPSA) is 46.9 Å². The van der Waals surface area contributed by atoms with Crippen LogP contribution in [-0.4, -0.2) is 16.1 Å². The molecule has 2 rings (SSSR count). The van der Waals surface area contributed by atoms with Crippen molar-refractivity contribution >= 4 is 29.0 Å². The Morgan fingerprint density at radius 3 is 2.86 bits per heavy atom. The van der Waals surface area contributed by atoms with E-state index in [0.717, 1.165) is 12.0 Å². The molecule has 0 bridgehead atoms. The lowest BCUT2D eigenvalue weighted by Crippen LogP contribution is -2.25. The molecule has 0 saturated carbocycles. The van der Waals surface area contributed by atoms with Gasteiger partial charge in [-0.05, 0) is 30.5 Å². The van der Waals surface area contributed by atoms with Crippen LogP contribution >= 0.6 is 23.2 Å². The van der Waals surface area contributed by atoms with Gasteiger partial charge in [-0.15, -0.1) is 0 Å². The molecule has 0 saturated heterocycles. The number of hydrogen-bond acceptors (Lipinski definition) is 3. The Morgan fingerprint density at radius 2 is 2.14 bits per heavy atom. The maximum absolute atomic E-state index is 12.1. The van der Waals surface area contributed by atoms with E-state index in [9.17, 15) is 4.79 Å². The number of aromatic nitrogens is 2. The normalized spacial score (nSPS) is 10.6. The van der Waals surface area contributed by atoms with Gasteiger partial charge in [0.1, 0.15) is 0 Å². The van der Waals surface area contributed by atoms with Gasteiger partial charge in [0.05, 0.1) is 0 Å².